The molecule has 3 rings (SSSR count). The van der Waals surface area contributed by atoms with Crippen LogP contribution in [0.5, 0.6) is 5.75 Å². The molecule has 1 heterocycles. The third-order valence-electron chi connectivity index (χ3n) is 4.29. The summed E-state index contributed by atoms with van der Waals surface area (Å²) in [6, 6.07) is 10.2. The summed E-state index contributed by atoms with van der Waals surface area (Å²) in [7, 11) is 0. The lowest BCUT2D eigenvalue weighted by molar-refractivity contribution is -0.155. The van der Waals surface area contributed by atoms with Crippen molar-refractivity contribution in [3.05, 3.63) is 63.1 Å². The van der Waals surface area contributed by atoms with E-state index in [1.165, 1.54) is 13.8 Å². The fraction of sp³-hybridized carbons (Fsp3) is 0.250. The number of aryl methyl sites for hydroxylation is 1. The van der Waals surface area contributed by atoms with Crippen LogP contribution in [0.4, 0.5) is 0 Å². The molecule has 2 aromatic rings. The third kappa shape index (κ3) is 3.42. The standard InChI is InChI=1S/C20H17BrO5/c1-11-4-7-17(15(8-11)12(2)22)25-19(24)20(3)10-13-5-6-14(21)9-16(13)18(23)26-20/h4-9H,10H2,1-3H3/t20-/m0/s1. The van der Waals surface area contributed by atoms with Gasteiger partial charge < -0.3 is 9.47 Å². The molecule has 0 amide bonds. The summed E-state index contributed by atoms with van der Waals surface area (Å²) in [6.07, 6.45) is 0.196. The topological polar surface area (TPSA) is 69.7 Å². The van der Waals surface area contributed by atoms with E-state index < -0.39 is 17.5 Å². The van der Waals surface area contributed by atoms with Crippen molar-refractivity contribution in [3.63, 3.8) is 0 Å². The average Bonchev–Trinajstić information content (AvgIpc) is 2.57. The van der Waals surface area contributed by atoms with Crippen molar-refractivity contribution in [2.24, 2.45) is 0 Å². The average molecular weight is 417 g/mol. The first-order valence-corrected chi connectivity index (χ1v) is 8.84. The van der Waals surface area contributed by atoms with E-state index in [2.05, 4.69) is 15.9 Å². The van der Waals surface area contributed by atoms with Gasteiger partial charge in [0, 0.05) is 10.9 Å². The van der Waals surface area contributed by atoms with Gasteiger partial charge in [-0.05, 0) is 50.6 Å². The van der Waals surface area contributed by atoms with Crippen LogP contribution in [0.15, 0.2) is 40.9 Å². The van der Waals surface area contributed by atoms with E-state index in [-0.39, 0.29) is 18.0 Å². The van der Waals surface area contributed by atoms with Crippen molar-refractivity contribution in [1.29, 1.82) is 0 Å². The maximum atomic E-state index is 12.8. The number of ketones is 1. The predicted molar refractivity (Wildman–Crippen MR) is 98.5 cm³/mol. The molecule has 0 aromatic heterocycles. The Labute approximate surface area is 159 Å². The number of cyclic esters (lactones) is 1. The number of Topliss-reactive ketones (excluding diaryl/α,β-unsaturated/α-hetero) is 1. The summed E-state index contributed by atoms with van der Waals surface area (Å²) < 4.78 is 11.6. The van der Waals surface area contributed by atoms with Gasteiger partial charge in [-0.3, -0.25) is 4.79 Å². The van der Waals surface area contributed by atoms with Crippen molar-refractivity contribution in [2.45, 2.75) is 32.8 Å². The second kappa shape index (κ2) is 6.68. The third-order valence-corrected chi connectivity index (χ3v) is 4.78. The van der Waals surface area contributed by atoms with E-state index in [1.54, 1.807) is 36.4 Å². The van der Waals surface area contributed by atoms with Gasteiger partial charge in [-0.15, -0.1) is 0 Å². The van der Waals surface area contributed by atoms with E-state index in [4.69, 9.17) is 9.47 Å². The number of hydrogen-bond donors (Lipinski definition) is 0. The number of rotatable bonds is 3. The highest BCUT2D eigenvalue weighted by atomic mass is 79.9. The molecule has 2 aromatic carbocycles. The number of carbonyl (C=O) groups is 3. The normalized spacial score (nSPS) is 18.7. The van der Waals surface area contributed by atoms with Gasteiger partial charge in [-0.2, -0.15) is 0 Å². The highest BCUT2D eigenvalue weighted by Crippen LogP contribution is 2.32. The van der Waals surface area contributed by atoms with E-state index >= 15 is 0 Å². The van der Waals surface area contributed by atoms with Gasteiger partial charge in [-0.25, -0.2) is 9.59 Å². The van der Waals surface area contributed by atoms with Crippen LogP contribution in [0.1, 0.15) is 45.7 Å². The van der Waals surface area contributed by atoms with Crippen LogP contribution in [0, 0.1) is 6.92 Å². The molecule has 0 saturated heterocycles. The van der Waals surface area contributed by atoms with Gasteiger partial charge >= 0.3 is 11.9 Å². The van der Waals surface area contributed by atoms with Gasteiger partial charge in [0.05, 0.1) is 11.1 Å². The minimum atomic E-state index is -1.46. The van der Waals surface area contributed by atoms with E-state index in [0.29, 0.717) is 16.7 Å². The zero-order valence-electron chi connectivity index (χ0n) is 14.6. The predicted octanol–water partition coefficient (Wildman–Crippen LogP) is 4.04. The molecule has 0 N–H and O–H groups in total. The number of carbonyl (C=O) groups excluding carboxylic acids is 3. The molecule has 1 atom stereocenters. The Bertz CT molecular complexity index is 934. The number of ether oxygens (including phenoxy) is 2. The van der Waals surface area contributed by atoms with Crippen LogP contribution in [0.25, 0.3) is 0 Å². The zero-order chi connectivity index (χ0) is 19.1. The second-order valence-electron chi connectivity index (χ2n) is 6.54. The minimum Gasteiger partial charge on any atom is -0.443 e. The fourth-order valence-electron chi connectivity index (χ4n) is 2.88. The van der Waals surface area contributed by atoms with E-state index in [0.717, 1.165) is 10.0 Å². The van der Waals surface area contributed by atoms with Crippen molar-refractivity contribution in [3.8, 4) is 5.75 Å². The summed E-state index contributed by atoms with van der Waals surface area (Å²) >= 11 is 3.32. The van der Waals surface area contributed by atoms with Crippen molar-refractivity contribution in [1.82, 2.24) is 0 Å². The molecule has 0 spiro atoms. The highest BCUT2D eigenvalue weighted by molar-refractivity contribution is 9.10. The van der Waals surface area contributed by atoms with Crippen LogP contribution >= 0.6 is 15.9 Å². The van der Waals surface area contributed by atoms with Crippen LogP contribution in [-0.4, -0.2) is 23.3 Å². The summed E-state index contributed by atoms with van der Waals surface area (Å²) in [5.74, 6) is -1.35. The maximum Gasteiger partial charge on any atom is 0.356 e. The summed E-state index contributed by atoms with van der Waals surface area (Å²) in [5.41, 5.74) is 0.860. The van der Waals surface area contributed by atoms with Gasteiger partial charge in [0.2, 0.25) is 5.60 Å². The second-order valence-corrected chi connectivity index (χ2v) is 7.46. The lowest BCUT2D eigenvalue weighted by atomic mass is 9.90. The number of hydrogen-bond acceptors (Lipinski definition) is 5. The van der Waals surface area contributed by atoms with Gasteiger partial charge in [0.15, 0.2) is 5.78 Å². The van der Waals surface area contributed by atoms with Crippen molar-refractivity contribution in [2.75, 3.05) is 0 Å². The molecule has 26 heavy (non-hydrogen) atoms. The first-order chi connectivity index (χ1) is 12.2. The number of esters is 2. The number of fused-ring (bicyclic) bond motifs is 1. The van der Waals surface area contributed by atoms with E-state index in [1.807, 2.05) is 6.92 Å². The Morgan fingerprint density at radius 3 is 2.62 bits per heavy atom. The lowest BCUT2D eigenvalue weighted by Crippen LogP contribution is -2.48. The molecule has 5 nitrogen and oxygen atoms in total. The van der Waals surface area contributed by atoms with Crippen LogP contribution < -0.4 is 4.74 Å². The molecule has 0 saturated carbocycles. The van der Waals surface area contributed by atoms with Crippen LogP contribution in [0.2, 0.25) is 0 Å². The quantitative estimate of drug-likeness (QED) is 0.429. The Morgan fingerprint density at radius 1 is 1.19 bits per heavy atom. The Morgan fingerprint density at radius 2 is 1.92 bits per heavy atom. The summed E-state index contributed by atoms with van der Waals surface area (Å²) in [5, 5.41) is 0. The van der Waals surface area contributed by atoms with Crippen LogP contribution in [-0.2, 0) is 16.0 Å². The monoisotopic (exact) mass is 416 g/mol. The van der Waals surface area contributed by atoms with Crippen molar-refractivity contribution < 1.29 is 23.9 Å². The minimum absolute atomic E-state index is 0.159. The Balaban J connectivity index is 1.90. The Hall–Kier alpha value is -2.47. The molecule has 0 radical (unpaired) electrons. The Kier molecular flexibility index (Phi) is 4.71. The lowest BCUT2D eigenvalue weighted by Gasteiger charge is -2.32. The first-order valence-electron chi connectivity index (χ1n) is 8.05. The largest absolute Gasteiger partial charge is 0.443 e. The fourth-order valence-corrected chi connectivity index (χ4v) is 3.24. The zero-order valence-corrected chi connectivity index (χ0v) is 16.2. The van der Waals surface area contributed by atoms with Crippen molar-refractivity contribution >= 4 is 33.7 Å². The van der Waals surface area contributed by atoms with Crippen LogP contribution in [0.3, 0.4) is 0 Å². The van der Waals surface area contributed by atoms with Gasteiger partial charge in [0.25, 0.3) is 0 Å². The molecule has 1 aliphatic rings. The highest BCUT2D eigenvalue weighted by Gasteiger charge is 2.44. The molecule has 0 unspecified atom stereocenters. The molecule has 1 aliphatic heterocycles. The van der Waals surface area contributed by atoms with Gasteiger partial charge in [-0.1, -0.05) is 33.6 Å². The summed E-state index contributed by atoms with van der Waals surface area (Å²) in [6.45, 7) is 4.76. The number of halogens is 1. The molecule has 0 bridgehead atoms. The molecular formula is C20H17BrO5. The maximum absolute atomic E-state index is 12.8. The molecular weight excluding hydrogens is 400 g/mol. The molecule has 6 heteroatoms. The molecule has 0 fully saturated rings. The summed E-state index contributed by atoms with van der Waals surface area (Å²) in [4.78, 5) is 36.9. The van der Waals surface area contributed by atoms with E-state index in [9.17, 15) is 14.4 Å². The SMILES string of the molecule is CC(=O)c1cc(C)ccc1OC(=O)[C@]1(C)Cc2ccc(Br)cc2C(=O)O1. The molecule has 0 aliphatic carbocycles. The number of benzene rings is 2. The smallest absolute Gasteiger partial charge is 0.356 e. The van der Waals surface area contributed by atoms with Gasteiger partial charge in [0.1, 0.15) is 5.75 Å². The molecule has 134 valence electrons. The first kappa shape index (κ1) is 18.3.